The van der Waals surface area contributed by atoms with E-state index in [1.54, 1.807) is 0 Å². The summed E-state index contributed by atoms with van der Waals surface area (Å²) in [5.41, 5.74) is 0. The third-order valence-corrected chi connectivity index (χ3v) is 12.1. The third kappa shape index (κ3) is 36.8. The minimum Gasteiger partial charge on any atom is -0.394 e. The lowest BCUT2D eigenvalue weighted by Gasteiger charge is -2.40. The Balaban J connectivity index is 2.17. The second-order valence-electron chi connectivity index (χ2n) is 18.3. The van der Waals surface area contributed by atoms with Gasteiger partial charge in [-0.15, -0.1) is 0 Å². The van der Waals surface area contributed by atoms with Crippen LogP contribution >= 0.6 is 0 Å². The zero-order valence-electron chi connectivity index (χ0n) is 42.8. The standard InChI is InChI=1S/C59H99NO8/c1-3-5-7-9-11-13-15-16-17-18-19-20-21-22-23-24-25-26-27-28-29-30-31-32-33-34-35-36-37-38-39-41-43-45-47-49-55(63)60-52(51-67-59-58(66)57(65)56(64)54(50-61)68-59)53(62)48-46-44-42-40-14-12-10-8-6-4-2/h5,7,11,13,16-17,19-20,22-23,25-26,28-29,31-32,34-35,52-54,56-59,61-62,64-66H,3-4,6,8-10,12,14-15,18,21,24,27,30,33,36-51H2,1-2H3,(H,60,63)/b7-5-,13-11-,17-16-,20-19-,23-22-,26-25-,29-28-,32-31-,35-34-. The van der Waals surface area contributed by atoms with Crippen LogP contribution in [0.3, 0.4) is 0 Å². The van der Waals surface area contributed by atoms with Crippen LogP contribution in [0, 0.1) is 0 Å². The van der Waals surface area contributed by atoms with Crippen molar-refractivity contribution in [2.24, 2.45) is 0 Å². The highest BCUT2D eigenvalue weighted by atomic mass is 16.7. The van der Waals surface area contributed by atoms with Gasteiger partial charge in [0, 0.05) is 6.42 Å². The SMILES string of the molecule is CC/C=C\C/C=C\C/C=C\C/C=C\C/C=C\C/C=C\C/C=C\C/C=C\C/C=C\CCCCCCCCCC(=O)NC(COC1OC(CO)C(O)C(O)C1O)C(O)CCCCCCCCCCCC. The van der Waals surface area contributed by atoms with Crippen molar-refractivity contribution in [3.63, 3.8) is 0 Å². The summed E-state index contributed by atoms with van der Waals surface area (Å²) in [4.78, 5) is 13.0. The molecule has 388 valence electrons. The molecular formula is C59H99NO8. The number of ether oxygens (including phenoxy) is 2. The molecule has 0 aliphatic carbocycles. The highest BCUT2D eigenvalue weighted by Crippen LogP contribution is 2.23. The van der Waals surface area contributed by atoms with E-state index < -0.39 is 49.5 Å². The van der Waals surface area contributed by atoms with Gasteiger partial charge in [0.2, 0.25) is 5.91 Å². The molecular weight excluding hydrogens is 851 g/mol. The van der Waals surface area contributed by atoms with Crippen LogP contribution in [-0.4, -0.2) is 87.5 Å². The van der Waals surface area contributed by atoms with E-state index in [0.717, 1.165) is 109 Å². The molecule has 0 spiro atoms. The number of aliphatic hydroxyl groups excluding tert-OH is 5. The van der Waals surface area contributed by atoms with Crippen LogP contribution in [0.2, 0.25) is 0 Å². The molecule has 1 aliphatic heterocycles. The molecule has 1 fully saturated rings. The molecule has 1 heterocycles. The summed E-state index contributed by atoms with van der Waals surface area (Å²) >= 11 is 0. The molecule has 68 heavy (non-hydrogen) atoms. The number of unbranched alkanes of at least 4 members (excludes halogenated alkanes) is 16. The number of amides is 1. The van der Waals surface area contributed by atoms with Crippen LogP contribution in [0.25, 0.3) is 0 Å². The van der Waals surface area contributed by atoms with Gasteiger partial charge in [-0.2, -0.15) is 0 Å². The predicted molar refractivity (Wildman–Crippen MR) is 285 cm³/mol. The lowest BCUT2D eigenvalue weighted by molar-refractivity contribution is -0.302. The van der Waals surface area contributed by atoms with Gasteiger partial charge in [-0.25, -0.2) is 0 Å². The fourth-order valence-electron chi connectivity index (χ4n) is 7.86. The molecule has 0 aromatic rings. The predicted octanol–water partition coefficient (Wildman–Crippen LogP) is 13.0. The van der Waals surface area contributed by atoms with E-state index in [1.165, 1.54) is 64.2 Å². The zero-order chi connectivity index (χ0) is 49.4. The molecule has 6 N–H and O–H groups in total. The number of carbonyl (C=O) groups is 1. The van der Waals surface area contributed by atoms with Crippen molar-refractivity contribution in [1.29, 1.82) is 0 Å². The van der Waals surface area contributed by atoms with E-state index in [2.05, 4.69) is 129 Å². The first-order valence-corrected chi connectivity index (χ1v) is 27.1. The van der Waals surface area contributed by atoms with Crippen molar-refractivity contribution >= 4 is 5.91 Å². The van der Waals surface area contributed by atoms with Gasteiger partial charge in [-0.3, -0.25) is 4.79 Å². The molecule has 7 atom stereocenters. The molecule has 1 rings (SSSR count). The Labute approximate surface area is 415 Å². The van der Waals surface area contributed by atoms with E-state index in [1.807, 2.05) is 0 Å². The maximum absolute atomic E-state index is 13.0. The van der Waals surface area contributed by atoms with Gasteiger partial charge in [0.25, 0.3) is 0 Å². The van der Waals surface area contributed by atoms with Crippen LogP contribution in [0.1, 0.15) is 200 Å². The minimum atomic E-state index is -1.56. The second kappa shape index (κ2) is 47.5. The van der Waals surface area contributed by atoms with E-state index in [-0.39, 0.29) is 12.5 Å². The van der Waals surface area contributed by atoms with Gasteiger partial charge in [-0.1, -0.05) is 220 Å². The van der Waals surface area contributed by atoms with Gasteiger partial charge in [0.15, 0.2) is 6.29 Å². The van der Waals surface area contributed by atoms with Crippen molar-refractivity contribution in [3.05, 3.63) is 109 Å². The fourth-order valence-corrected chi connectivity index (χ4v) is 7.86. The number of carbonyl (C=O) groups excluding carboxylic acids is 1. The quantitative estimate of drug-likeness (QED) is 0.0261. The zero-order valence-corrected chi connectivity index (χ0v) is 42.8. The summed E-state index contributed by atoms with van der Waals surface area (Å²) in [5, 5.41) is 54.4. The summed E-state index contributed by atoms with van der Waals surface area (Å²) in [6.07, 6.45) is 62.6. The molecule has 1 aliphatic rings. The average molecular weight is 950 g/mol. The maximum atomic E-state index is 13.0. The first kappa shape index (κ1) is 62.9. The first-order valence-electron chi connectivity index (χ1n) is 27.1. The Morgan fingerprint density at radius 1 is 0.515 bits per heavy atom. The molecule has 0 radical (unpaired) electrons. The topological polar surface area (TPSA) is 149 Å². The Bertz CT molecular complexity index is 1430. The van der Waals surface area contributed by atoms with E-state index >= 15 is 0 Å². The molecule has 7 unspecified atom stereocenters. The molecule has 1 saturated heterocycles. The number of allylic oxidation sites excluding steroid dienone is 18. The average Bonchev–Trinajstić information content (AvgIpc) is 3.34. The van der Waals surface area contributed by atoms with Gasteiger partial charge in [0.1, 0.15) is 24.4 Å². The lowest BCUT2D eigenvalue weighted by atomic mass is 9.99. The maximum Gasteiger partial charge on any atom is 0.220 e. The largest absolute Gasteiger partial charge is 0.394 e. The van der Waals surface area contributed by atoms with E-state index in [4.69, 9.17) is 9.47 Å². The number of hydrogen-bond donors (Lipinski definition) is 6. The van der Waals surface area contributed by atoms with Gasteiger partial charge >= 0.3 is 0 Å². The van der Waals surface area contributed by atoms with E-state index in [0.29, 0.717) is 12.8 Å². The molecule has 9 heteroatoms. The molecule has 9 nitrogen and oxygen atoms in total. The Hall–Kier alpha value is -3.15. The summed E-state index contributed by atoms with van der Waals surface area (Å²) in [5.74, 6) is -0.163. The third-order valence-electron chi connectivity index (χ3n) is 12.1. The molecule has 0 aromatic carbocycles. The molecule has 0 saturated carbocycles. The number of rotatable bonds is 44. The van der Waals surface area contributed by atoms with Gasteiger partial charge < -0.3 is 40.3 Å². The van der Waals surface area contributed by atoms with Crippen LogP contribution in [0.15, 0.2) is 109 Å². The second-order valence-corrected chi connectivity index (χ2v) is 18.3. The van der Waals surface area contributed by atoms with Crippen LogP contribution in [0.4, 0.5) is 0 Å². The molecule has 0 aromatic heterocycles. The van der Waals surface area contributed by atoms with Crippen LogP contribution in [-0.2, 0) is 14.3 Å². The number of aliphatic hydroxyl groups is 5. The molecule has 0 bridgehead atoms. The van der Waals surface area contributed by atoms with Crippen LogP contribution in [0.5, 0.6) is 0 Å². The molecule has 1 amide bonds. The Kier molecular flexibility index (Phi) is 43.9. The lowest BCUT2D eigenvalue weighted by Crippen LogP contribution is -2.60. The van der Waals surface area contributed by atoms with Gasteiger partial charge in [-0.05, 0) is 83.5 Å². The number of nitrogens with one attached hydrogen (secondary N) is 1. The highest BCUT2D eigenvalue weighted by molar-refractivity contribution is 5.76. The monoisotopic (exact) mass is 950 g/mol. The summed E-state index contributed by atoms with van der Waals surface area (Å²) < 4.78 is 11.2. The Morgan fingerprint density at radius 2 is 0.912 bits per heavy atom. The first-order chi connectivity index (χ1) is 33.3. The van der Waals surface area contributed by atoms with Crippen molar-refractivity contribution in [2.75, 3.05) is 13.2 Å². The van der Waals surface area contributed by atoms with Crippen molar-refractivity contribution < 1.29 is 39.8 Å². The van der Waals surface area contributed by atoms with Crippen LogP contribution < -0.4 is 5.32 Å². The summed E-state index contributed by atoms with van der Waals surface area (Å²) in [7, 11) is 0. The number of hydrogen-bond acceptors (Lipinski definition) is 8. The van der Waals surface area contributed by atoms with Crippen molar-refractivity contribution in [2.45, 2.75) is 243 Å². The highest BCUT2D eigenvalue weighted by Gasteiger charge is 2.44. The van der Waals surface area contributed by atoms with Crippen molar-refractivity contribution in [1.82, 2.24) is 5.32 Å². The smallest absolute Gasteiger partial charge is 0.220 e. The normalized spacial score (nSPS) is 20.5. The Morgan fingerprint density at radius 3 is 1.35 bits per heavy atom. The van der Waals surface area contributed by atoms with Gasteiger partial charge in [0.05, 0.1) is 25.4 Å². The fraction of sp³-hybridized carbons (Fsp3) is 0.678. The summed E-state index contributed by atoms with van der Waals surface area (Å²) in [6, 6.07) is -0.731. The minimum absolute atomic E-state index is 0.149. The summed E-state index contributed by atoms with van der Waals surface area (Å²) in [6.45, 7) is 3.68. The van der Waals surface area contributed by atoms with Crippen molar-refractivity contribution in [3.8, 4) is 0 Å². The van der Waals surface area contributed by atoms with E-state index in [9.17, 15) is 30.3 Å².